The highest BCUT2D eigenvalue weighted by Crippen LogP contribution is 2.23. The predicted octanol–water partition coefficient (Wildman–Crippen LogP) is 6.07. The van der Waals surface area contributed by atoms with Crippen molar-refractivity contribution in [2.24, 2.45) is 0 Å². The minimum absolute atomic E-state index is 0.856. The fourth-order valence-electron chi connectivity index (χ4n) is 2.11. The zero-order valence-corrected chi connectivity index (χ0v) is 14.0. The van der Waals surface area contributed by atoms with Gasteiger partial charge in [-0.1, -0.05) is 67.4 Å². The van der Waals surface area contributed by atoms with E-state index in [1.807, 2.05) is 0 Å². The van der Waals surface area contributed by atoms with Gasteiger partial charge in [0, 0.05) is 0 Å². The minimum atomic E-state index is 0.856. The van der Waals surface area contributed by atoms with E-state index in [0.29, 0.717) is 0 Å². The number of hydrogen-bond acceptors (Lipinski definition) is 0. The molecular formula is C19H25P. The number of benzene rings is 1. The Morgan fingerprint density at radius 3 is 2.30 bits per heavy atom. The average molecular weight is 284 g/mol. The van der Waals surface area contributed by atoms with Crippen LogP contribution in [0.2, 0.25) is 0 Å². The maximum absolute atomic E-state index is 4.15. The second-order valence-electron chi connectivity index (χ2n) is 5.12. The summed E-state index contributed by atoms with van der Waals surface area (Å²) in [6.07, 6.45) is 6.12. The highest BCUT2D eigenvalue weighted by Gasteiger charge is 2.00. The third-order valence-electron chi connectivity index (χ3n) is 3.36. The van der Waals surface area contributed by atoms with Crippen molar-refractivity contribution in [2.45, 2.75) is 33.6 Å². The summed E-state index contributed by atoms with van der Waals surface area (Å²) >= 11 is 0. The van der Waals surface area contributed by atoms with Crippen LogP contribution in [0, 0.1) is 6.92 Å². The van der Waals surface area contributed by atoms with Crippen molar-refractivity contribution in [3.8, 4) is 0 Å². The molecule has 0 radical (unpaired) electrons. The molecule has 0 aliphatic heterocycles. The Hall–Kier alpha value is -1.39. The predicted molar refractivity (Wildman–Crippen MR) is 95.8 cm³/mol. The summed E-state index contributed by atoms with van der Waals surface area (Å²) in [7, 11) is 2.76. The van der Waals surface area contributed by atoms with Gasteiger partial charge < -0.3 is 0 Å². The van der Waals surface area contributed by atoms with E-state index in [1.165, 1.54) is 22.0 Å². The molecule has 0 aliphatic carbocycles. The molecule has 0 saturated carbocycles. The fraction of sp³-hybridized carbons (Fsp3) is 0.263. The first kappa shape index (κ1) is 16.7. The molecule has 1 rings (SSSR count). The van der Waals surface area contributed by atoms with Gasteiger partial charge in [0.15, 0.2) is 0 Å². The summed E-state index contributed by atoms with van der Waals surface area (Å²) in [6.45, 7) is 14.7. The lowest BCUT2D eigenvalue weighted by Crippen LogP contribution is -1.86. The van der Waals surface area contributed by atoms with Crippen molar-refractivity contribution >= 4 is 14.8 Å². The van der Waals surface area contributed by atoms with E-state index in [1.54, 1.807) is 0 Å². The Kier molecular flexibility index (Phi) is 6.68. The van der Waals surface area contributed by atoms with Gasteiger partial charge in [0.1, 0.15) is 0 Å². The van der Waals surface area contributed by atoms with Crippen LogP contribution < -0.4 is 0 Å². The van der Waals surface area contributed by atoms with Crippen LogP contribution >= 0.6 is 9.24 Å². The molecule has 0 fully saturated rings. The van der Waals surface area contributed by atoms with E-state index in [-0.39, 0.29) is 0 Å². The van der Waals surface area contributed by atoms with Gasteiger partial charge in [-0.2, -0.15) is 0 Å². The highest BCUT2D eigenvalue weighted by atomic mass is 31.0. The first-order chi connectivity index (χ1) is 9.45. The summed E-state index contributed by atoms with van der Waals surface area (Å²) in [6, 6.07) is 8.51. The number of aryl methyl sites for hydroxylation is 1. The summed E-state index contributed by atoms with van der Waals surface area (Å²) in [5, 5.41) is 1.26. The molecule has 0 nitrogen and oxygen atoms in total. The SMILES string of the molecule is C=C(/C=C\CC(=C)c1ccc(C)cc1)/C(CC)=C(\C)P. The van der Waals surface area contributed by atoms with Crippen LogP contribution in [0.25, 0.3) is 5.57 Å². The Morgan fingerprint density at radius 1 is 1.20 bits per heavy atom. The molecule has 0 spiro atoms. The summed E-state index contributed by atoms with van der Waals surface area (Å²) in [5.41, 5.74) is 6.03. The highest BCUT2D eigenvalue weighted by molar-refractivity contribution is 7.22. The van der Waals surface area contributed by atoms with Crippen LogP contribution in [-0.2, 0) is 0 Å². The van der Waals surface area contributed by atoms with Crippen LogP contribution in [0.1, 0.15) is 37.8 Å². The van der Waals surface area contributed by atoms with Crippen molar-refractivity contribution < 1.29 is 0 Å². The summed E-state index contributed by atoms with van der Waals surface area (Å²) in [5.74, 6) is 0. The molecule has 0 bridgehead atoms. The second kappa shape index (κ2) is 8.02. The van der Waals surface area contributed by atoms with Gasteiger partial charge in [0.25, 0.3) is 0 Å². The molecule has 0 aliphatic rings. The average Bonchev–Trinajstić information content (AvgIpc) is 2.39. The van der Waals surface area contributed by atoms with E-state index in [9.17, 15) is 0 Å². The molecule has 1 atom stereocenters. The quantitative estimate of drug-likeness (QED) is 0.439. The van der Waals surface area contributed by atoms with Crippen LogP contribution in [-0.4, -0.2) is 0 Å². The maximum atomic E-state index is 4.15. The second-order valence-corrected chi connectivity index (χ2v) is 5.98. The third kappa shape index (κ3) is 4.94. The van der Waals surface area contributed by atoms with Crippen LogP contribution in [0.5, 0.6) is 0 Å². The molecule has 1 heteroatoms. The lowest BCUT2D eigenvalue weighted by molar-refractivity contribution is 1.11. The molecule has 1 aromatic rings. The van der Waals surface area contributed by atoms with Crippen molar-refractivity contribution in [3.63, 3.8) is 0 Å². The van der Waals surface area contributed by atoms with E-state index in [0.717, 1.165) is 24.0 Å². The van der Waals surface area contributed by atoms with Crippen molar-refractivity contribution in [1.29, 1.82) is 0 Å². The van der Waals surface area contributed by atoms with Crippen LogP contribution in [0.15, 0.2) is 66.0 Å². The molecule has 0 saturated heterocycles. The van der Waals surface area contributed by atoms with Gasteiger partial charge in [-0.3, -0.25) is 0 Å². The Bertz CT molecular complexity index is 538. The van der Waals surface area contributed by atoms with E-state index in [4.69, 9.17) is 0 Å². The number of allylic oxidation sites excluding steroid dienone is 6. The third-order valence-corrected chi connectivity index (χ3v) is 3.71. The largest absolute Gasteiger partial charge is 0.110 e. The van der Waals surface area contributed by atoms with Gasteiger partial charge in [-0.05, 0) is 49.0 Å². The molecular weight excluding hydrogens is 259 g/mol. The zero-order chi connectivity index (χ0) is 15.1. The maximum Gasteiger partial charge on any atom is -0.00941 e. The minimum Gasteiger partial charge on any atom is -0.110 e. The lowest BCUT2D eigenvalue weighted by Gasteiger charge is -2.07. The van der Waals surface area contributed by atoms with E-state index >= 15 is 0 Å². The monoisotopic (exact) mass is 284 g/mol. The first-order valence-corrected chi connectivity index (χ1v) is 7.59. The smallest absolute Gasteiger partial charge is 0.00941 e. The standard InChI is InChI=1S/C19H25P/c1-6-19(17(5)20)16(4)9-7-8-15(3)18-12-10-14(2)11-13-18/h7,9-13H,3-4,6,8,20H2,1-2,5H3/b9-7-,19-17+. The van der Waals surface area contributed by atoms with Crippen LogP contribution in [0.3, 0.4) is 0 Å². The van der Waals surface area contributed by atoms with Gasteiger partial charge in [0.2, 0.25) is 0 Å². The van der Waals surface area contributed by atoms with Crippen molar-refractivity contribution in [2.75, 3.05) is 0 Å². The normalized spacial score (nSPS) is 12.4. The van der Waals surface area contributed by atoms with Gasteiger partial charge >= 0.3 is 0 Å². The van der Waals surface area contributed by atoms with Gasteiger partial charge in [-0.25, -0.2) is 0 Å². The first-order valence-electron chi connectivity index (χ1n) is 7.01. The lowest BCUT2D eigenvalue weighted by atomic mass is 10.0. The zero-order valence-electron chi connectivity index (χ0n) is 12.9. The van der Waals surface area contributed by atoms with Crippen molar-refractivity contribution in [1.82, 2.24) is 0 Å². The fourth-order valence-corrected chi connectivity index (χ4v) is 2.50. The van der Waals surface area contributed by atoms with E-state index in [2.05, 4.69) is 79.6 Å². The molecule has 1 unspecified atom stereocenters. The summed E-state index contributed by atoms with van der Waals surface area (Å²) < 4.78 is 0. The summed E-state index contributed by atoms with van der Waals surface area (Å²) in [4.78, 5) is 0. The van der Waals surface area contributed by atoms with Gasteiger partial charge in [-0.15, -0.1) is 9.24 Å². The van der Waals surface area contributed by atoms with Crippen LogP contribution in [0.4, 0.5) is 0 Å². The molecule has 106 valence electrons. The molecule has 1 aromatic carbocycles. The number of rotatable bonds is 6. The molecule has 0 heterocycles. The molecule has 0 N–H and O–H groups in total. The number of hydrogen-bond donors (Lipinski definition) is 0. The Labute approximate surface area is 126 Å². The molecule has 0 aromatic heterocycles. The van der Waals surface area contributed by atoms with E-state index < -0.39 is 0 Å². The molecule has 20 heavy (non-hydrogen) atoms. The Balaban J connectivity index is 2.65. The topological polar surface area (TPSA) is 0 Å². The van der Waals surface area contributed by atoms with Gasteiger partial charge in [0.05, 0.1) is 0 Å². The Morgan fingerprint density at radius 2 is 1.80 bits per heavy atom. The molecule has 0 amide bonds. The van der Waals surface area contributed by atoms with Crippen molar-refractivity contribution in [3.05, 3.63) is 77.2 Å².